The first-order valence-electron chi connectivity index (χ1n) is 15.4. The van der Waals surface area contributed by atoms with Crippen molar-refractivity contribution in [2.45, 2.75) is 181 Å². The minimum Gasteiger partial charge on any atom is -0.342 e. The highest BCUT2D eigenvalue weighted by molar-refractivity contribution is 4.74. The van der Waals surface area contributed by atoms with Crippen LogP contribution in [0.15, 0.2) is 0 Å². The Morgan fingerprint density at radius 1 is 0.371 bits per heavy atom. The van der Waals surface area contributed by atoms with E-state index in [1.165, 1.54) is 103 Å². The molecular weight excluding hydrogens is 432 g/mol. The van der Waals surface area contributed by atoms with E-state index in [4.69, 9.17) is 27.7 Å². The van der Waals surface area contributed by atoms with Gasteiger partial charge in [-0.1, -0.05) is 143 Å². The maximum atomic E-state index is 6.25. The van der Waals surface area contributed by atoms with Crippen molar-refractivity contribution in [2.24, 2.45) is 34.8 Å². The van der Waals surface area contributed by atoms with E-state index >= 15 is 0 Å². The van der Waals surface area contributed by atoms with Gasteiger partial charge in [0.1, 0.15) is 12.5 Å². The van der Waals surface area contributed by atoms with E-state index in [0.717, 1.165) is 37.5 Å². The standard InChI is InChI=1S/C30H66N4O/c1-25(2)21-17-13-9-5-7-11-15-19-23-27(31)29(33)35-30(34)28(32)24-20-16-12-8-6-10-14-18-22-26(3)4/h25-30H,5-24,31-34H2,1-4H3. The van der Waals surface area contributed by atoms with Gasteiger partial charge in [0, 0.05) is 12.1 Å². The fourth-order valence-corrected chi connectivity index (χ4v) is 4.70. The van der Waals surface area contributed by atoms with Gasteiger partial charge in [-0.05, 0) is 24.7 Å². The normalized spacial score (nSPS) is 15.6. The lowest BCUT2D eigenvalue weighted by Crippen LogP contribution is -2.52. The summed E-state index contributed by atoms with van der Waals surface area (Å²) in [6, 6.07) is -0.352. The molecule has 0 aromatic carbocycles. The van der Waals surface area contributed by atoms with Gasteiger partial charge in [-0.25, -0.2) is 0 Å². The van der Waals surface area contributed by atoms with Crippen LogP contribution in [0.25, 0.3) is 0 Å². The quantitative estimate of drug-likeness (QED) is 0.0735. The zero-order valence-corrected chi connectivity index (χ0v) is 24.3. The topological polar surface area (TPSA) is 113 Å². The van der Waals surface area contributed by atoms with Crippen molar-refractivity contribution in [1.29, 1.82) is 0 Å². The van der Waals surface area contributed by atoms with Crippen LogP contribution in [0.2, 0.25) is 0 Å². The summed E-state index contributed by atoms with van der Waals surface area (Å²) in [5.74, 6) is 1.68. The van der Waals surface area contributed by atoms with Gasteiger partial charge < -0.3 is 27.7 Å². The molecule has 0 aliphatic rings. The van der Waals surface area contributed by atoms with Gasteiger partial charge in [-0.3, -0.25) is 0 Å². The molecule has 0 amide bonds. The summed E-state index contributed by atoms with van der Waals surface area (Å²) in [6.07, 6.45) is 24.3. The van der Waals surface area contributed by atoms with Crippen LogP contribution in [0.1, 0.15) is 156 Å². The second kappa shape index (κ2) is 24.2. The van der Waals surface area contributed by atoms with E-state index in [0.29, 0.717) is 0 Å². The van der Waals surface area contributed by atoms with Gasteiger partial charge >= 0.3 is 0 Å². The van der Waals surface area contributed by atoms with Crippen molar-refractivity contribution < 1.29 is 4.74 Å². The Labute approximate surface area is 220 Å². The zero-order chi connectivity index (χ0) is 26.3. The molecule has 5 nitrogen and oxygen atoms in total. The third-order valence-electron chi connectivity index (χ3n) is 7.30. The van der Waals surface area contributed by atoms with Crippen LogP contribution in [0.4, 0.5) is 0 Å². The van der Waals surface area contributed by atoms with Crippen LogP contribution in [-0.4, -0.2) is 24.5 Å². The van der Waals surface area contributed by atoms with Crippen molar-refractivity contribution in [3.63, 3.8) is 0 Å². The van der Waals surface area contributed by atoms with Gasteiger partial charge in [-0.2, -0.15) is 0 Å². The minimum atomic E-state index is -0.535. The third-order valence-corrected chi connectivity index (χ3v) is 7.30. The van der Waals surface area contributed by atoms with E-state index in [1.54, 1.807) is 0 Å². The Morgan fingerprint density at radius 3 is 0.857 bits per heavy atom. The Balaban J connectivity index is 3.62. The summed E-state index contributed by atoms with van der Waals surface area (Å²) >= 11 is 0. The van der Waals surface area contributed by atoms with E-state index in [2.05, 4.69) is 27.7 Å². The predicted octanol–water partition coefficient (Wildman–Crippen LogP) is 7.34. The summed E-state index contributed by atoms with van der Waals surface area (Å²) in [7, 11) is 0. The predicted molar refractivity (Wildman–Crippen MR) is 155 cm³/mol. The molecule has 4 unspecified atom stereocenters. The second-order valence-corrected chi connectivity index (χ2v) is 12.0. The Hall–Kier alpha value is -0.200. The lowest BCUT2D eigenvalue weighted by Gasteiger charge is -2.27. The fourth-order valence-electron chi connectivity index (χ4n) is 4.70. The van der Waals surface area contributed by atoms with Gasteiger partial charge in [0.05, 0.1) is 0 Å². The SMILES string of the molecule is CC(C)CCCCCCCCCCC(N)C(N)OC(N)C(N)CCCCCCCCCCC(C)C. The van der Waals surface area contributed by atoms with Crippen molar-refractivity contribution in [1.82, 2.24) is 0 Å². The summed E-state index contributed by atoms with van der Waals surface area (Å²) in [6.45, 7) is 9.24. The highest BCUT2D eigenvalue weighted by Crippen LogP contribution is 2.15. The molecular formula is C30H66N4O. The van der Waals surface area contributed by atoms with Gasteiger partial charge in [0.25, 0.3) is 0 Å². The molecule has 4 atom stereocenters. The van der Waals surface area contributed by atoms with E-state index in [9.17, 15) is 0 Å². The lowest BCUT2D eigenvalue weighted by atomic mass is 10.0. The number of hydrogen-bond acceptors (Lipinski definition) is 5. The van der Waals surface area contributed by atoms with Crippen molar-refractivity contribution in [3.05, 3.63) is 0 Å². The molecule has 0 fully saturated rings. The number of unbranched alkanes of at least 4 members (excludes halogenated alkanes) is 14. The molecule has 0 saturated heterocycles. The first-order chi connectivity index (χ1) is 16.7. The molecule has 0 rings (SSSR count). The zero-order valence-electron chi connectivity index (χ0n) is 24.3. The number of nitrogens with two attached hydrogens (primary N) is 4. The highest BCUT2D eigenvalue weighted by atomic mass is 16.5. The largest absolute Gasteiger partial charge is 0.342 e. The second-order valence-electron chi connectivity index (χ2n) is 12.0. The van der Waals surface area contributed by atoms with Crippen LogP contribution in [0, 0.1) is 11.8 Å². The lowest BCUT2D eigenvalue weighted by molar-refractivity contribution is -0.0332. The first-order valence-corrected chi connectivity index (χ1v) is 15.4. The van der Waals surface area contributed by atoms with E-state index < -0.39 is 12.5 Å². The highest BCUT2D eigenvalue weighted by Gasteiger charge is 2.21. The fraction of sp³-hybridized carbons (Fsp3) is 1.00. The molecule has 0 aliphatic heterocycles. The Morgan fingerprint density at radius 2 is 0.600 bits per heavy atom. The van der Waals surface area contributed by atoms with E-state index in [1.807, 2.05) is 0 Å². The first kappa shape index (κ1) is 34.8. The molecule has 0 radical (unpaired) electrons. The minimum absolute atomic E-state index is 0.176. The van der Waals surface area contributed by atoms with Crippen LogP contribution >= 0.6 is 0 Å². The molecule has 35 heavy (non-hydrogen) atoms. The average Bonchev–Trinajstić information content (AvgIpc) is 2.80. The Kier molecular flexibility index (Phi) is 24.0. The number of ether oxygens (including phenoxy) is 1. The molecule has 0 bridgehead atoms. The molecule has 0 saturated carbocycles. The molecule has 0 heterocycles. The molecule has 0 aromatic heterocycles. The van der Waals surface area contributed by atoms with Crippen molar-refractivity contribution >= 4 is 0 Å². The smallest absolute Gasteiger partial charge is 0.123 e. The summed E-state index contributed by atoms with van der Waals surface area (Å²) < 4.78 is 5.78. The molecule has 212 valence electrons. The maximum absolute atomic E-state index is 6.25. The summed E-state index contributed by atoms with van der Waals surface area (Å²) in [5.41, 5.74) is 24.8. The van der Waals surface area contributed by atoms with Gasteiger partial charge in [0.2, 0.25) is 0 Å². The molecule has 0 spiro atoms. The number of hydrogen-bond donors (Lipinski definition) is 4. The Bertz CT molecular complexity index is 395. The summed E-state index contributed by atoms with van der Waals surface area (Å²) in [4.78, 5) is 0. The van der Waals surface area contributed by atoms with Crippen LogP contribution in [-0.2, 0) is 4.74 Å². The molecule has 0 aromatic rings. The van der Waals surface area contributed by atoms with Crippen LogP contribution in [0.3, 0.4) is 0 Å². The number of rotatable bonds is 26. The van der Waals surface area contributed by atoms with Crippen molar-refractivity contribution in [2.75, 3.05) is 0 Å². The average molecular weight is 499 g/mol. The molecule has 5 heteroatoms. The van der Waals surface area contributed by atoms with E-state index in [-0.39, 0.29) is 12.1 Å². The summed E-state index contributed by atoms with van der Waals surface area (Å²) in [5, 5.41) is 0. The third kappa shape index (κ3) is 23.9. The molecule has 8 N–H and O–H groups in total. The maximum Gasteiger partial charge on any atom is 0.123 e. The van der Waals surface area contributed by atoms with Crippen LogP contribution < -0.4 is 22.9 Å². The monoisotopic (exact) mass is 499 g/mol. The van der Waals surface area contributed by atoms with Crippen molar-refractivity contribution in [3.8, 4) is 0 Å². The van der Waals surface area contributed by atoms with Gasteiger partial charge in [-0.15, -0.1) is 0 Å². The van der Waals surface area contributed by atoms with Crippen LogP contribution in [0.5, 0.6) is 0 Å². The molecule has 0 aliphatic carbocycles. The van der Waals surface area contributed by atoms with Gasteiger partial charge in [0.15, 0.2) is 0 Å².